The second-order valence-corrected chi connectivity index (χ2v) is 3.61. The summed E-state index contributed by atoms with van der Waals surface area (Å²) in [6.07, 6.45) is 2.15. The number of hydrogen-bond acceptors (Lipinski definition) is 4. The molecule has 0 aliphatic carbocycles. The van der Waals surface area contributed by atoms with Gasteiger partial charge in [-0.25, -0.2) is 4.98 Å². The largest absolute Gasteiger partial charge is 0.369 e. The second-order valence-electron chi connectivity index (χ2n) is 3.61. The molecular formula is C9H14N4O. The van der Waals surface area contributed by atoms with Gasteiger partial charge in [-0.1, -0.05) is 0 Å². The van der Waals surface area contributed by atoms with Gasteiger partial charge in [-0.3, -0.25) is 9.78 Å². The topological polar surface area (TPSA) is 83.8 Å². The van der Waals surface area contributed by atoms with Crippen molar-refractivity contribution >= 4 is 5.95 Å². The smallest absolute Gasteiger partial charge is 0.255 e. The molecule has 0 spiro atoms. The summed E-state index contributed by atoms with van der Waals surface area (Å²) in [5.41, 5.74) is 6.82. The van der Waals surface area contributed by atoms with Crippen molar-refractivity contribution in [3.63, 3.8) is 0 Å². The lowest BCUT2D eigenvalue weighted by Gasteiger charge is -2.11. The Hall–Kier alpha value is -1.36. The Morgan fingerprint density at radius 3 is 3.00 bits per heavy atom. The minimum absolute atomic E-state index is 0.138. The number of rotatable bonds is 1. The van der Waals surface area contributed by atoms with Gasteiger partial charge in [0.15, 0.2) is 0 Å². The highest BCUT2D eigenvalue weighted by Crippen LogP contribution is 2.22. The molecule has 0 saturated carbocycles. The molecule has 5 heteroatoms. The van der Waals surface area contributed by atoms with E-state index in [2.05, 4.69) is 15.3 Å². The third-order valence-electron chi connectivity index (χ3n) is 2.60. The third-order valence-corrected chi connectivity index (χ3v) is 2.60. The van der Waals surface area contributed by atoms with Crippen molar-refractivity contribution < 1.29 is 0 Å². The molecule has 0 aromatic carbocycles. The first-order chi connectivity index (χ1) is 6.68. The molecule has 1 aliphatic rings. The lowest BCUT2D eigenvalue weighted by Crippen LogP contribution is -2.23. The highest BCUT2D eigenvalue weighted by Gasteiger charge is 2.20. The zero-order chi connectivity index (χ0) is 10.1. The van der Waals surface area contributed by atoms with E-state index in [9.17, 15) is 4.79 Å². The molecule has 1 saturated heterocycles. The maximum absolute atomic E-state index is 11.4. The summed E-state index contributed by atoms with van der Waals surface area (Å²) in [7, 11) is 0. The van der Waals surface area contributed by atoms with Crippen LogP contribution in [0.5, 0.6) is 0 Å². The number of anilines is 1. The normalized spacial score (nSPS) is 21.4. The molecule has 1 aliphatic heterocycles. The summed E-state index contributed by atoms with van der Waals surface area (Å²) < 4.78 is 0. The fraction of sp³-hybridized carbons (Fsp3) is 0.556. The third kappa shape index (κ3) is 1.50. The number of nitrogens with zero attached hydrogens (tertiary/aromatic N) is 1. The van der Waals surface area contributed by atoms with Crippen LogP contribution in [0.4, 0.5) is 5.95 Å². The minimum Gasteiger partial charge on any atom is -0.369 e. The van der Waals surface area contributed by atoms with E-state index in [-0.39, 0.29) is 17.5 Å². The van der Waals surface area contributed by atoms with Gasteiger partial charge in [0.25, 0.3) is 5.56 Å². The maximum Gasteiger partial charge on any atom is 0.255 e. The number of aromatic nitrogens is 2. The standard InChI is InChI=1S/C9H14N4O/c1-5-7(6-3-2-4-11-6)12-9(10)13-8(5)14/h6,11H,2-4H2,1H3,(H3,10,12,13,14)/t6-/m0/s1. The van der Waals surface area contributed by atoms with Crippen LogP contribution in [-0.4, -0.2) is 16.5 Å². The first-order valence-electron chi connectivity index (χ1n) is 4.78. The van der Waals surface area contributed by atoms with Crippen LogP contribution >= 0.6 is 0 Å². The summed E-state index contributed by atoms with van der Waals surface area (Å²) in [6, 6.07) is 0.194. The van der Waals surface area contributed by atoms with Crippen molar-refractivity contribution in [1.29, 1.82) is 0 Å². The monoisotopic (exact) mass is 194 g/mol. The van der Waals surface area contributed by atoms with Gasteiger partial charge in [-0.2, -0.15) is 0 Å². The van der Waals surface area contributed by atoms with E-state index < -0.39 is 0 Å². The average Bonchev–Trinajstić information content (AvgIpc) is 2.63. The molecule has 2 rings (SSSR count). The summed E-state index contributed by atoms with van der Waals surface area (Å²) in [5.74, 6) is 0.198. The summed E-state index contributed by atoms with van der Waals surface area (Å²) in [4.78, 5) is 18.1. The highest BCUT2D eigenvalue weighted by molar-refractivity contribution is 5.27. The van der Waals surface area contributed by atoms with E-state index in [0.717, 1.165) is 25.1 Å². The highest BCUT2D eigenvalue weighted by atomic mass is 16.1. The molecule has 1 aromatic rings. The number of nitrogens with one attached hydrogen (secondary N) is 2. The van der Waals surface area contributed by atoms with Crippen LogP contribution in [0.2, 0.25) is 0 Å². The predicted octanol–water partition coefficient (Wildman–Crippen LogP) is 0.0850. The summed E-state index contributed by atoms with van der Waals surface area (Å²) >= 11 is 0. The molecule has 76 valence electrons. The zero-order valence-corrected chi connectivity index (χ0v) is 8.13. The van der Waals surface area contributed by atoms with Gasteiger partial charge in [0, 0.05) is 5.56 Å². The van der Waals surface area contributed by atoms with Crippen LogP contribution in [0.25, 0.3) is 0 Å². The van der Waals surface area contributed by atoms with Crippen LogP contribution in [0.1, 0.15) is 30.1 Å². The molecular weight excluding hydrogens is 180 g/mol. The van der Waals surface area contributed by atoms with Crippen LogP contribution in [0, 0.1) is 6.92 Å². The van der Waals surface area contributed by atoms with Gasteiger partial charge in [-0.15, -0.1) is 0 Å². The summed E-state index contributed by atoms with van der Waals surface area (Å²) in [5, 5.41) is 3.30. The molecule has 2 heterocycles. The molecule has 1 fully saturated rings. The Balaban J connectivity index is 2.45. The number of nitrogen functional groups attached to an aromatic ring is 1. The van der Waals surface area contributed by atoms with Crippen molar-refractivity contribution in [3.8, 4) is 0 Å². The fourth-order valence-electron chi connectivity index (χ4n) is 1.83. The van der Waals surface area contributed by atoms with Crippen LogP contribution in [0.15, 0.2) is 4.79 Å². The first kappa shape index (κ1) is 9.21. The Labute approximate surface area is 81.7 Å². The quantitative estimate of drug-likeness (QED) is 0.591. The van der Waals surface area contributed by atoms with Crippen LogP contribution in [0.3, 0.4) is 0 Å². The molecule has 4 N–H and O–H groups in total. The lowest BCUT2D eigenvalue weighted by molar-refractivity contribution is 0.620. The fourth-order valence-corrected chi connectivity index (χ4v) is 1.83. The molecule has 1 aromatic heterocycles. The van der Waals surface area contributed by atoms with Gasteiger partial charge >= 0.3 is 0 Å². The van der Waals surface area contributed by atoms with E-state index >= 15 is 0 Å². The Kier molecular flexibility index (Phi) is 2.25. The van der Waals surface area contributed by atoms with E-state index in [1.807, 2.05) is 0 Å². The molecule has 1 atom stereocenters. The van der Waals surface area contributed by atoms with Crippen LogP contribution in [-0.2, 0) is 0 Å². The van der Waals surface area contributed by atoms with Gasteiger partial charge in [-0.05, 0) is 26.3 Å². The maximum atomic E-state index is 11.4. The zero-order valence-electron chi connectivity index (χ0n) is 8.13. The Bertz CT molecular complexity index is 392. The SMILES string of the molecule is Cc1c([C@@H]2CCCN2)nc(N)[nH]c1=O. The van der Waals surface area contributed by atoms with Gasteiger partial charge in [0.2, 0.25) is 5.95 Å². The molecule has 0 bridgehead atoms. The number of aromatic amines is 1. The minimum atomic E-state index is -0.138. The van der Waals surface area contributed by atoms with Crippen molar-refractivity contribution in [2.75, 3.05) is 12.3 Å². The van der Waals surface area contributed by atoms with E-state index in [0.29, 0.717) is 5.56 Å². The Morgan fingerprint density at radius 1 is 1.57 bits per heavy atom. The molecule has 14 heavy (non-hydrogen) atoms. The number of H-pyrrole nitrogens is 1. The van der Waals surface area contributed by atoms with Gasteiger partial charge in [0.1, 0.15) is 0 Å². The van der Waals surface area contributed by atoms with Gasteiger partial charge < -0.3 is 11.1 Å². The number of hydrogen-bond donors (Lipinski definition) is 3. The Morgan fingerprint density at radius 2 is 2.36 bits per heavy atom. The van der Waals surface area contributed by atoms with E-state index in [1.54, 1.807) is 6.92 Å². The lowest BCUT2D eigenvalue weighted by atomic mass is 10.1. The van der Waals surface area contributed by atoms with Crippen molar-refractivity contribution in [1.82, 2.24) is 15.3 Å². The molecule has 0 amide bonds. The van der Waals surface area contributed by atoms with E-state index in [4.69, 9.17) is 5.73 Å². The average molecular weight is 194 g/mol. The van der Waals surface area contributed by atoms with Crippen molar-refractivity contribution in [2.24, 2.45) is 0 Å². The molecule has 0 radical (unpaired) electrons. The van der Waals surface area contributed by atoms with Crippen molar-refractivity contribution in [2.45, 2.75) is 25.8 Å². The van der Waals surface area contributed by atoms with E-state index in [1.165, 1.54) is 0 Å². The van der Waals surface area contributed by atoms with Crippen LogP contribution < -0.4 is 16.6 Å². The second kappa shape index (κ2) is 3.42. The number of nitrogens with two attached hydrogens (primary N) is 1. The molecule has 0 unspecified atom stereocenters. The van der Waals surface area contributed by atoms with Crippen molar-refractivity contribution in [3.05, 3.63) is 21.6 Å². The van der Waals surface area contributed by atoms with Gasteiger partial charge in [0.05, 0.1) is 11.7 Å². The predicted molar refractivity (Wildman–Crippen MR) is 54.0 cm³/mol. The summed E-state index contributed by atoms with van der Waals surface area (Å²) in [6.45, 7) is 2.76. The first-order valence-corrected chi connectivity index (χ1v) is 4.78. The molecule has 5 nitrogen and oxygen atoms in total.